The monoisotopic (exact) mass is 284 g/mol. The van der Waals surface area contributed by atoms with Crippen LogP contribution >= 0.6 is 0 Å². The highest BCUT2D eigenvalue weighted by Crippen LogP contribution is 2.24. The number of hydrogen-bond donors (Lipinski definition) is 2. The first-order chi connectivity index (χ1) is 8.98. The Balaban J connectivity index is 2.16. The third-order valence-corrected chi connectivity index (χ3v) is 5.01. The number of aliphatic hydroxyl groups is 1. The molecule has 1 aromatic rings. The average Bonchev–Trinajstić information content (AvgIpc) is 2.36. The average molecular weight is 284 g/mol. The molecule has 104 valence electrons. The van der Waals surface area contributed by atoms with Gasteiger partial charge in [-0.15, -0.1) is 0 Å². The van der Waals surface area contributed by atoms with E-state index in [1.807, 2.05) is 0 Å². The maximum Gasteiger partial charge on any atom is 0.251 e. The van der Waals surface area contributed by atoms with Crippen LogP contribution in [0.5, 0.6) is 0 Å². The van der Waals surface area contributed by atoms with Crippen molar-refractivity contribution in [2.24, 2.45) is 5.92 Å². The van der Waals surface area contributed by atoms with Gasteiger partial charge in [0.2, 0.25) is 10.0 Å². The number of carbonyl (C=O) groups excluding carboxylic acids is 1. The van der Waals surface area contributed by atoms with E-state index in [-0.39, 0.29) is 23.3 Å². The van der Waals surface area contributed by atoms with Crippen molar-refractivity contribution in [3.05, 3.63) is 29.8 Å². The number of rotatable bonds is 4. The van der Waals surface area contributed by atoms with Crippen LogP contribution in [-0.2, 0) is 10.0 Å². The van der Waals surface area contributed by atoms with Crippen LogP contribution in [-0.4, -0.2) is 50.5 Å². The molecule has 0 radical (unpaired) electrons. The molecule has 6 nitrogen and oxygen atoms in total. The van der Waals surface area contributed by atoms with Gasteiger partial charge in [-0.1, -0.05) is 0 Å². The summed E-state index contributed by atoms with van der Waals surface area (Å²) in [5.74, 6) is -0.229. The predicted octanol–water partition coefficient (Wildman–Crippen LogP) is -0.341. The minimum absolute atomic E-state index is 0.00162. The topological polar surface area (TPSA) is 86.7 Å². The summed E-state index contributed by atoms with van der Waals surface area (Å²) in [6.45, 7) is 0.688. The van der Waals surface area contributed by atoms with Crippen molar-refractivity contribution in [3.63, 3.8) is 0 Å². The molecule has 0 atom stereocenters. The fourth-order valence-corrected chi connectivity index (χ4v) is 3.50. The van der Waals surface area contributed by atoms with Crippen molar-refractivity contribution in [2.75, 3.05) is 26.7 Å². The molecule has 7 heteroatoms. The van der Waals surface area contributed by atoms with Gasteiger partial charge in [0.25, 0.3) is 5.91 Å². The molecule has 1 aliphatic heterocycles. The number of sulfonamides is 1. The SMILES string of the molecule is CNC(=O)c1ccc(S(=O)(=O)N2CC(CO)C2)cc1. The molecule has 0 bridgehead atoms. The van der Waals surface area contributed by atoms with Crippen LogP contribution in [0.2, 0.25) is 0 Å². The summed E-state index contributed by atoms with van der Waals surface area (Å²) in [6.07, 6.45) is 0. The number of benzene rings is 1. The summed E-state index contributed by atoms with van der Waals surface area (Å²) in [4.78, 5) is 11.5. The molecule has 1 aromatic carbocycles. The Bertz CT molecular complexity index is 562. The Labute approximate surface area is 112 Å². The number of aliphatic hydroxyl groups excluding tert-OH is 1. The van der Waals surface area contributed by atoms with Gasteiger partial charge in [-0.3, -0.25) is 4.79 Å². The lowest BCUT2D eigenvalue weighted by Crippen LogP contribution is -2.51. The Kier molecular flexibility index (Phi) is 3.88. The highest BCUT2D eigenvalue weighted by atomic mass is 32.2. The zero-order valence-corrected chi connectivity index (χ0v) is 11.4. The van der Waals surface area contributed by atoms with Crippen molar-refractivity contribution in [1.82, 2.24) is 9.62 Å². The van der Waals surface area contributed by atoms with E-state index >= 15 is 0 Å². The van der Waals surface area contributed by atoms with Crippen LogP contribution in [0.3, 0.4) is 0 Å². The van der Waals surface area contributed by atoms with Crippen LogP contribution in [0, 0.1) is 5.92 Å². The first kappa shape index (κ1) is 14.0. The standard InChI is InChI=1S/C12H16N2O4S/c1-13-12(16)10-2-4-11(5-3-10)19(17,18)14-6-9(7-14)8-15/h2-5,9,15H,6-8H2,1H3,(H,13,16). The van der Waals surface area contributed by atoms with Gasteiger partial charge in [0.05, 0.1) is 4.90 Å². The lowest BCUT2D eigenvalue weighted by molar-refractivity contribution is 0.0963. The maximum atomic E-state index is 12.2. The number of carbonyl (C=O) groups is 1. The zero-order valence-electron chi connectivity index (χ0n) is 10.5. The molecule has 2 rings (SSSR count). The van der Waals surface area contributed by atoms with Crippen LogP contribution in [0.4, 0.5) is 0 Å². The van der Waals surface area contributed by atoms with Gasteiger partial charge in [-0.2, -0.15) is 4.31 Å². The van der Waals surface area contributed by atoms with Crippen molar-refractivity contribution in [3.8, 4) is 0 Å². The summed E-state index contributed by atoms with van der Waals surface area (Å²) in [7, 11) is -1.99. The van der Waals surface area contributed by atoms with Crippen LogP contribution < -0.4 is 5.32 Å². The largest absolute Gasteiger partial charge is 0.396 e. The van der Waals surface area contributed by atoms with Gasteiger partial charge < -0.3 is 10.4 Å². The van der Waals surface area contributed by atoms with Crippen LogP contribution in [0.1, 0.15) is 10.4 Å². The molecule has 19 heavy (non-hydrogen) atoms. The van der Waals surface area contributed by atoms with Gasteiger partial charge in [0.1, 0.15) is 0 Å². The van der Waals surface area contributed by atoms with Crippen molar-refractivity contribution in [1.29, 1.82) is 0 Å². The number of amides is 1. The summed E-state index contributed by atoms with van der Waals surface area (Å²) in [5, 5.41) is 11.4. The quantitative estimate of drug-likeness (QED) is 0.792. The molecule has 1 aliphatic rings. The van der Waals surface area contributed by atoms with Gasteiger partial charge in [-0.05, 0) is 24.3 Å². The second-order valence-electron chi connectivity index (χ2n) is 4.47. The Morgan fingerprint density at radius 2 is 1.95 bits per heavy atom. The molecule has 1 fully saturated rings. The van der Waals surface area contributed by atoms with Gasteiger partial charge in [0.15, 0.2) is 0 Å². The van der Waals surface area contributed by atoms with E-state index in [0.29, 0.717) is 18.7 Å². The Morgan fingerprint density at radius 3 is 2.42 bits per heavy atom. The predicted molar refractivity (Wildman–Crippen MR) is 69.2 cm³/mol. The molecular weight excluding hydrogens is 268 g/mol. The van der Waals surface area contributed by atoms with E-state index in [2.05, 4.69) is 5.32 Å². The number of nitrogens with one attached hydrogen (secondary N) is 1. The molecule has 0 aliphatic carbocycles. The summed E-state index contributed by atoms with van der Waals surface area (Å²) in [5.41, 5.74) is 0.415. The molecule has 1 heterocycles. The second kappa shape index (κ2) is 5.28. The number of hydrogen-bond acceptors (Lipinski definition) is 4. The third-order valence-electron chi connectivity index (χ3n) is 3.16. The second-order valence-corrected chi connectivity index (χ2v) is 6.41. The van der Waals surface area contributed by atoms with Gasteiger partial charge >= 0.3 is 0 Å². The number of nitrogens with zero attached hydrogens (tertiary/aromatic N) is 1. The van der Waals surface area contributed by atoms with Crippen molar-refractivity contribution < 1.29 is 18.3 Å². The summed E-state index contributed by atoms with van der Waals surface area (Å²) in [6, 6.07) is 5.81. The molecule has 0 unspecified atom stereocenters. The molecule has 2 N–H and O–H groups in total. The summed E-state index contributed by atoms with van der Waals surface area (Å²) >= 11 is 0. The molecule has 0 aromatic heterocycles. The normalized spacial score (nSPS) is 16.9. The zero-order chi connectivity index (χ0) is 14.0. The van der Waals surface area contributed by atoms with Crippen molar-refractivity contribution >= 4 is 15.9 Å². The highest BCUT2D eigenvalue weighted by molar-refractivity contribution is 7.89. The highest BCUT2D eigenvalue weighted by Gasteiger charge is 2.36. The smallest absolute Gasteiger partial charge is 0.251 e. The van der Waals surface area contributed by atoms with Crippen molar-refractivity contribution in [2.45, 2.75) is 4.90 Å². The van der Waals surface area contributed by atoms with Gasteiger partial charge in [-0.25, -0.2) is 8.42 Å². The molecule has 1 amide bonds. The molecule has 0 saturated carbocycles. The lowest BCUT2D eigenvalue weighted by atomic mass is 10.1. The van der Waals surface area contributed by atoms with E-state index < -0.39 is 10.0 Å². The fourth-order valence-electron chi connectivity index (χ4n) is 1.91. The molecular formula is C12H16N2O4S. The van der Waals surface area contributed by atoms with Gasteiger partial charge in [0, 0.05) is 38.2 Å². The Hall–Kier alpha value is -1.44. The Morgan fingerprint density at radius 1 is 1.37 bits per heavy atom. The maximum absolute atomic E-state index is 12.2. The fraction of sp³-hybridized carbons (Fsp3) is 0.417. The lowest BCUT2D eigenvalue weighted by Gasteiger charge is -2.36. The molecule has 1 saturated heterocycles. The molecule has 0 spiro atoms. The minimum atomic E-state index is -3.50. The van der Waals surface area contributed by atoms with E-state index in [1.54, 1.807) is 0 Å². The van der Waals surface area contributed by atoms with E-state index in [1.165, 1.54) is 35.6 Å². The van der Waals surface area contributed by atoms with Crippen LogP contribution in [0.15, 0.2) is 29.2 Å². The third kappa shape index (κ3) is 2.63. The first-order valence-corrected chi connectivity index (χ1v) is 7.36. The van der Waals surface area contributed by atoms with E-state index in [4.69, 9.17) is 5.11 Å². The van der Waals surface area contributed by atoms with E-state index in [0.717, 1.165) is 0 Å². The van der Waals surface area contributed by atoms with Crippen LogP contribution in [0.25, 0.3) is 0 Å². The van der Waals surface area contributed by atoms with E-state index in [9.17, 15) is 13.2 Å². The summed E-state index contributed by atoms with van der Waals surface area (Å²) < 4.78 is 25.7. The first-order valence-electron chi connectivity index (χ1n) is 5.92. The minimum Gasteiger partial charge on any atom is -0.396 e.